The van der Waals surface area contributed by atoms with E-state index < -0.39 is 36.7 Å². The lowest BCUT2D eigenvalue weighted by atomic mass is 9.98. The van der Waals surface area contributed by atoms with E-state index in [-0.39, 0.29) is 6.61 Å². The van der Waals surface area contributed by atoms with Crippen LogP contribution in [0, 0.1) is 0 Å². The van der Waals surface area contributed by atoms with Gasteiger partial charge in [-0.25, -0.2) is 0 Å². The van der Waals surface area contributed by atoms with Crippen molar-refractivity contribution in [1.29, 1.82) is 0 Å². The average Bonchev–Trinajstić information content (AvgIpc) is 2.49. The third kappa shape index (κ3) is 5.17. The predicted octanol–water partition coefficient (Wildman–Crippen LogP) is 1.14. The van der Waals surface area contributed by atoms with Crippen LogP contribution >= 0.6 is 0 Å². The van der Waals surface area contributed by atoms with Gasteiger partial charge in [0.05, 0.1) is 6.61 Å². The molecule has 0 aromatic heterocycles. The normalized spacial score (nSPS) is 32.0. The van der Waals surface area contributed by atoms with Crippen molar-refractivity contribution in [3.63, 3.8) is 0 Å². The lowest BCUT2D eigenvalue weighted by Crippen LogP contribution is -2.62. The molecule has 0 aliphatic carbocycles. The van der Waals surface area contributed by atoms with Gasteiger partial charge in [0.15, 0.2) is 12.4 Å². The molecule has 7 nitrogen and oxygen atoms in total. The predicted molar refractivity (Wildman–Crippen MR) is 78.5 cm³/mol. The Morgan fingerprint density at radius 2 is 1.64 bits per heavy atom. The van der Waals surface area contributed by atoms with Crippen molar-refractivity contribution in [2.75, 3.05) is 33.5 Å². The summed E-state index contributed by atoms with van der Waals surface area (Å²) in [6.45, 7) is 8.77. The highest BCUT2D eigenvalue weighted by atomic mass is 16.7. The third-order valence-corrected chi connectivity index (χ3v) is 3.33. The van der Waals surface area contributed by atoms with Gasteiger partial charge in [0.2, 0.25) is 0 Å². The van der Waals surface area contributed by atoms with Crippen molar-refractivity contribution in [2.45, 2.75) is 58.4 Å². The average molecular weight is 320 g/mol. The van der Waals surface area contributed by atoms with Gasteiger partial charge in [0.1, 0.15) is 18.3 Å². The van der Waals surface area contributed by atoms with Crippen molar-refractivity contribution in [1.82, 2.24) is 0 Å². The SMILES string of the molecule is CCOC[C@H]1O[C@H](OC)[C@@H](OCC)[C@@H](OCC)[C@@H]1OC(C)=O. The monoisotopic (exact) mass is 320 g/mol. The van der Waals surface area contributed by atoms with Crippen LogP contribution in [0.2, 0.25) is 0 Å². The highest BCUT2D eigenvalue weighted by molar-refractivity contribution is 5.66. The molecule has 1 aliphatic heterocycles. The second-order valence-corrected chi connectivity index (χ2v) is 4.85. The molecule has 5 atom stereocenters. The molecule has 0 aromatic rings. The number of carbonyl (C=O) groups excluding carboxylic acids is 1. The number of carbonyl (C=O) groups is 1. The fourth-order valence-electron chi connectivity index (χ4n) is 2.52. The topological polar surface area (TPSA) is 72.5 Å². The Morgan fingerprint density at radius 1 is 1.00 bits per heavy atom. The van der Waals surface area contributed by atoms with Crippen LogP contribution in [-0.2, 0) is 33.2 Å². The first-order valence-electron chi connectivity index (χ1n) is 7.75. The van der Waals surface area contributed by atoms with E-state index in [1.165, 1.54) is 6.92 Å². The standard InChI is InChI=1S/C15H28O7/c1-6-18-9-11-12(21-10(4)16)13(19-7-2)14(20-8-3)15(17-5)22-11/h11-15H,6-9H2,1-5H3/t11-,12-,13+,14+,15+/m1/s1. The highest BCUT2D eigenvalue weighted by Crippen LogP contribution is 2.29. The van der Waals surface area contributed by atoms with E-state index in [0.29, 0.717) is 19.8 Å². The fraction of sp³-hybridized carbons (Fsp3) is 0.933. The van der Waals surface area contributed by atoms with Crippen LogP contribution in [-0.4, -0.2) is 70.2 Å². The van der Waals surface area contributed by atoms with E-state index in [4.69, 9.17) is 28.4 Å². The van der Waals surface area contributed by atoms with Gasteiger partial charge in [-0.2, -0.15) is 0 Å². The molecular weight excluding hydrogens is 292 g/mol. The maximum atomic E-state index is 11.5. The Morgan fingerprint density at radius 3 is 2.14 bits per heavy atom. The second-order valence-electron chi connectivity index (χ2n) is 4.85. The minimum atomic E-state index is -0.605. The van der Waals surface area contributed by atoms with E-state index in [1.807, 2.05) is 20.8 Å². The first-order chi connectivity index (χ1) is 10.6. The molecule has 0 spiro atoms. The van der Waals surface area contributed by atoms with Crippen molar-refractivity contribution >= 4 is 5.97 Å². The number of esters is 1. The van der Waals surface area contributed by atoms with Gasteiger partial charge in [-0.05, 0) is 20.8 Å². The number of ether oxygens (including phenoxy) is 6. The highest BCUT2D eigenvalue weighted by Gasteiger charge is 2.49. The van der Waals surface area contributed by atoms with E-state index in [1.54, 1.807) is 7.11 Å². The molecular formula is C15H28O7. The Balaban J connectivity index is 2.99. The molecule has 130 valence electrons. The first kappa shape index (κ1) is 19.3. The summed E-state index contributed by atoms with van der Waals surface area (Å²) in [5.74, 6) is -0.397. The summed E-state index contributed by atoms with van der Waals surface area (Å²) in [5, 5.41) is 0. The van der Waals surface area contributed by atoms with Crippen LogP contribution < -0.4 is 0 Å². The van der Waals surface area contributed by atoms with Gasteiger partial charge >= 0.3 is 5.97 Å². The zero-order valence-electron chi connectivity index (χ0n) is 14.1. The summed E-state index contributed by atoms with van der Waals surface area (Å²) < 4.78 is 33.6. The summed E-state index contributed by atoms with van der Waals surface area (Å²) in [7, 11) is 1.55. The number of hydrogen-bond acceptors (Lipinski definition) is 7. The zero-order valence-corrected chi connectivity index (χ0v) is 14.1. The van der Waals surface area contributed by atoms with E-state index in [9.17, 15) is 4.79 Å². The minimum Gasteiger partial charge on any atom is -0.457 e. The molecule has 7 heteroatoms. The Bertz CT molecular complexity index is 323. The van der Waals surface area contributed by atoms with Crippen LogP contribution in [0.25, 0.3) is 0 Å². The molecule has 22 heavy (non-hydrogen) atoms. The number of rotatable bonds is 9. The first-order valence-corrected chi connectivity index (χ1v) is 7.75. The van der Waals surface area contributed by atoms with Crippen LogP contribution in [0.15, 0.2) is 0 Å². The molecule has 0 unspecified atom stereocenters. The van der Waals surface area contributed by atoms with Crippen molar-refractivity contribution in [2.24, 2.45) is 0 Å². The lowest BCUT2D eigenvalue weighted by Gasteiger charge is -2.44. The molecule has 0 saturated carbocycles. The molecule has 0 radical (unpaired) electrons. The maximum absolute atomic E-state index is 11.5. The second kappa shape index (κ2) is 10.1. The maximum Gasteiger partial charge on any atom is 0.303 e. The zero-order chi connectivity index (χ0) is 16.5. The Kier molecular flexibility index (Phi) is 8.89. The Hall–Kier alpha value is -0.730. The van der Waals surface area contributed by atoms with Crippen molar-refractivity contribution in [3.05, 3.63) is 0 Å². The lowest BCUT2D eigenvalue weighted by molar-refractivity contribution is -0.312. The molecule has 1 fully saturated rings. The third-order valence-electron chi connectivity index (χ3n) is 3.33. The molecule has 0 bridgehead atoms. The minimum absolute atomic E-state index is 0.288. The van der Waals surface area contributed by atoms with Gasteiger partial charge in [0.25, 0.3) is 0 Å². The number of methoxy groups -OCH3 is 1. The number of hydrogen-bond donors (Lipinski definition) is 0. The van der Waals surface area contributed by atoms with Crippen LogP contribution in [0.3, 0.4) is 0 Å². The van der Waals surface area contributed by atoms with Gasteiger partial charge in [-0.15, -0.1) is 0 Å². The van der Waals surface area contributed by atoms with E-state index >= 15 is 0 Å². The van der Waals surface area contributed by atoms with E-state index in [0.717, 1.165) is 0 Å². The summed E-state index contributed by atoms with van der Waals surface area (Å²) in [6.07, 6.45) is -2.63. The Labute approximate surface area is 132 Å². The van der Waals surface area contributed by atoms with Crippen LogP contribution in [0.1, 0.15) is 27.7 Å². The van der Waals surface area contributed by atoms with Gasteiger partial charge in [-0.3, -0.25) is 4.79 Å². The molecule has 1 rings (SSSR count). The fourth-order valence-corrected chi connectivity index (χ4v) is 2.52. The molecule has 1 saturated heterocycles. The molecule has 0 aromatic carbocycles. The quantitative estimate of drug-likeness (QED) is 0.590. The molecule has 0 amide bonds. The van der Waals surface area contributed by atoms with E-state index in [2.05, 4.69) is 0 Å². The summed E-state index contributed by atoms with van der Waals surface area (Å²) in [5.41, 5.74) is 0. The van der Waals surface area contributed by atoms with Gasteiger partial charge in [-0.1, -0.05) is 0 Å². The van der Waals surface area contributed by atoms with Gasteiger partial charge in [0, 0.05) is 33.9 Å². The largest absolute Gasteiger partial charge is 0.457 e. The van der Waals surface area contributed by atoms with Crippen LogP contribution in [0.4, 0.5) is 0 Å². The smallest absolute Gasteiger partial charge is 0.303 e. The van der Waals surface area contributed by atoms with Crippen LogP contribution in [0.5, 0.6) is 0 Å². The summed E-state index contributed by atoms with van der Waals surface area (Å²) in [4.78, 5) is 11.5. The van der Waals surface area contributed by atoms with Crippen molar-refractivity contribution < 1.29 is 33.2 Å². The summed E-state index contributed by atoms with van der Waals surface area (Å²) >= 11 is 0. The van der Waals surface area contributed by atoms with Gasteiger partial charge < -0.3 is 28.4 Å². The molecule has 1 aliphatic rings. The molecule has 1 heterocycles. The summed E-state index contributed by atoms with van der Waals surface area (Å²) in [6, 6.07) is 0. The molecule has 0 N–H and O–H groups in total. The van der Waals surface area contributed by atoms with Crippen molar-refractivity contribution in [3.8, 4) is 0 Å².